The van der Waals surface area contributed by atoms with Gasteiger partial charge in [-0.15, -0.1) is 0 Å². The Bertz CT molecular complexity index is 1250. The van der Waals surface area contributed by atoms with Crippen LogP contribution in [0.4, 0.5) is 0 Å². The molecule has 2 aromatic carbocycles. The van der Waals surface area contributed by atoms with E-state index in [1.807, 2.05) is 0 Å². The average molecular weight is 648 g/mol. The highest BCUT2D eigenvalue weighted by atomic mass is 28.3. The quantitative estimate of drug-likeness (QED) is 0.193. The second-order valence-corrected chi connectivity index (χ2v) is 17.8. The summed E-state index contributed by atoms with van der Waals surface area (Å²) in [6.45, 7) is 7.57. The third-order valence-corrected chi connectivity index (χ3v) is 9.02. The van der Waals surface area contributed by atoms with E-state index >= 15 is 0 Å². The molecule has 12 nitrogen and oxygen atoms in total. The molecule has 3 rings (SSSR count). The van der Waals surface area contributed by atoms with Crippen molar-refractivity contribution < 1.29 is 53.0 Å². The lowest BCUT2D eigenvalue weighted by atomic mass is 9.88. The van der Waals surface area contributed by atoms with Crippen molar-refractivity contribution in [3.63, 3.8) is 0 Å². The van der Waals surface area contributed by atoms with Gasteiger partial charge in [-0.05, 0) is 35.9 Å². The Morgan fingerprint density at radius 1 is 1.04 bits per heavy atom. The Hall–Kier alpha value is -3.33. The number of rotatable bonds is 15. The molecular formula is C32H45NO11Si. The van der Waals surface area contributed by atoms with E-state index in [9.17, 15) is 24.6 Å². The van der Waals surface area contributed by atoms with Crippen molar-refractivity contribution in [2.24, 2.45) is 0 Å². The lowest BCUT2D eigenvalue weighted by Crippen LogP contribution is -2.68. The molecule has 0 spiro atoms. The predicted octanol–water partition coefficient (Wildman–Crippen LogP) is 2.68. The van der Waals surface area contributed by atoms with Gasteiger partial charge in [-0.2, -0.15) is 0 Å². The highest BCUT2D eigenvalue weighted by Crippen LogP contribution is 2.36. The Balaban J connectivity index is 1.91. The Labute approximate surface area is 264 Å². The van der Waals surface area contributed by atoms with Gasteiger partial charge in [0, 0.05) is 21.6 Å². The van der Waals surface area contributed by atoms with Crippen LogP contribution in [0.1, 0.15) is 29.3 Å². The minimum atomic E-state index is -2.11. The standard InChI is InChI=1S/C32H45NO11Si/c1-21(34)33-27-26(43-30(37)23-10-8-7-9-11-23)18-32(31(38)40-3,42-16-17-45(4,5)6)44-29(27)28(36)25(35)20-41-19-22-12-14-24(39-2)15-13-22/h7-15,25-29,35-36H,16-20H2,1-6H3,(H,33,34)/t25-,26+,27-,28-,29-,32-/m1/s1. The molecule has 1 saturated heterocycles. The predicted molar refractivity (Wildman–Crippen MR) is 166 cm³/mol. The van der Waals surface area contributed by atoms with Gasteiger partial charge in [0.2, 0.25) is 5.91 Å². The van der Waals surface area contributed by atoms with Crippen LogP contribution in [-0.4, -0.2) is 99.8 Å². The van der Waals surface area contributed by atoms with Crippen molar-refractivity contribution in [3.8, 4) is 5.75 Å². The first-order chi connectivity index (χ1) is 21.3. The summed E-state index contributed by atoms with van der Waals surface area (Å²) in [5, 5.41) is 25.1. The molecule has 1 heterocycles. The highest BCUT2D eigenvalue weighted by molar-refractivity contribution is 6.76. The Morgan fingerprint density at radius 2 is 1.71 bits per heavy atom. The number of ether oxygens (including phenoxy) is 6. The molecule has 1 fully saturated rings. The van der Waals surface area contributed by atoms with Gasteiger partial charge in [-0.1, -0.05) is 50.0 Å². The molecule has 0 aliphatic carbocycles. The van der Waals surface area contributed by atoms with Crippen molar-refractivity contribution in [1.82, 2.24) is 5.32 Å². The van der Waals surface area contributed by atoms with E-state index in [-0.39, 0.29) is 31.8 Å². The zero-order chi connectivity index (χ0) is 33.2. The fourth-order valence-corrected chi connectivity index (χ4v) is 5.54. The molecule has 1 amide bonds. The summed E-state index contributed by atoms with van der Waals surface area (Å²) < 4.78 is 34.0. The van der Waals surface area contributed by atoms with Gasteiger partial charge in [0.15, 0.2) is 0 Å². The lowest BCUT2D eigenvalue weighted by molar-refractivity contribution is -0.311. The summed E-state index contributed by atoms with van der Waals surface area (Å²) in [6, 6.07) is 14.8. The number of carbonyl (C=O) groups excluding carboxylic acids is 3. The highest BCUT2D eigenvalue weighted by Gasteiger charge is 2.58. The number of aliphatic hydroxyl groups excluding tert-OH is 2. The molecule has 0 radical (unpaired) electrons. The molecule has 45 heavy (non-hydrogen) atoms. The fraction of sp³-hybridized carbons (Fsp3) is 0.531. The molecule has 2 aromatic rings. The smallest absolute Gasteiger partial charge is 0.366 e. The van der Waals surface area contributed by atoms with Crippen LogP contribution < -0.4 is 10.1 Å². The molecule has 0 bridgehead atoms. The average Bonchev–Trinajstić information content (AvgIpc) is 3.01. The second-order valence-electron chi connectivity index (χ2n) is 12.1. The Morgan fingerprint density at radius 3 is 2.29 bits per heavy atom. The first kappa shape index (κ1) is 36.1. The molecule has 1 aliphatic heterocycles. The number of aliphatic hydroxyl groups is 2. The summed E-state index contributed by atoms with van der Waals surface area (Å²) in [5.41, 5.74) is 1.04. The summed E-state index contributed by atoms with van der Waals surface area (Å²) in [6.07, 6.45) is -6.32. The molecular weight excluding hydrogens is 602 g/mol. The zero-order valence-electron chi connectivity index (χ0n) is 26.7. The van der Waals surface area contributed by atoms with E-state index in [1.54, 1.807) is 61.7 Å². The van der Waals surface area contributed by atoms with Crippen molar-refractivity contribution in [1.29, 1.82) is 0 Å². The van der Waals surface area contributed by atoms with Crippen LogP contribution in [0.25, 0.3) is 0 Å². The van der Waals surface area contributed by atoms with E-state index in [4.69, 9.17) is 28.4 Å². The van der Waals surface area contributed by atoms with Crippen LogP contribution in [0.5, 0.6) is 5.75 Å². The maximum atomic E-state index is 13.3. The molecule has 248 valence electrons. The van der Waals surface area contributed by atoms with Crippen LogP contribution in [0.15, 0.2) is 54.6 Å². The maximum Gasteiger partial charge on any atom is 0.366 e. The molecule has 0 aromatic heterocycles. The van der Waals surface area contributed by atoms with Crippen LogP contribution in [0.3, 0.4) is 0 Å². The number of esters is 2. The number of benzene rings is 2. The number of hydrogen-bond donors (Lipinski definition) is 3. The first-order valence-electron chi connectivity index (χ1n) is 14.8. The summed E-state index contributed by atoms with van der Waals surface area (Å²) in [5.74, 6) is -3.59. The monoisotopic (exact) mass is 647 g/mol. The van der Waals surface area contributed by atoms with Crippen LogP contribution in [0, 0.1) is 0 Å². The van der Waals surface area contributed by atoms with Crippen LogP contribution in [-0.2, 0) is 39.9 Å². The SMILES string of the molecule is COC(=O)[C@@]1(OCC[Si](C)(C)C)C[C@H](OC(=O)c2ccccc2)[C@@H](NC(C)=O)[C@H]([C@H](O)[C@H](O)COCc2ccc(OC)cc2)O1. The molecule has 0 saturated carbocycles. The molecule has 1 aliphatic rings. The molecule has 3 N–H and O–H groups in total. The second kappa shape index (κ2) is 16.3. The number of nitrogens with one attached hydrogen (secondary N) is 1. The van der Waals surface area contributed by atoms with Crippen molar-refractivity contribution in [2.75, 3.05) is 27.4 Å². The zero-order valence-corrected chi connectivity index (χ0v) is 27.7. The van der Waals surface area contributed by atoms with Crippen LogP contribution in [0.2, 0.25) is 25.7 Å². The third-order valence-electron chi connectivity index (χ3n) is 7.32. The van der Waals surface area contributed by atoms with Gasteiger partial charge in [-0.25, -0.2) is 9.59 Å². The van der Waals surface area contributed by atoms with Crippen molar-refractivity contribution in [2.45, 2.75) is 81.9 Å². The number of hydrogen-bond acceptors (Lipinski definition) is 11. The number of carbonyl (C=O) groups is 3. The van der Waals surface area contributed by atoms with Gasteiger partial charge >= 0.3 is 11.9 Å². The minimum absolute atomic E-state index is 0.116. The van der Waals surface area contributed by atoms with Crippen LogP contribution >= 0.6 is 0 Å². The summed E-state index contributed by atoms with van der Waals surface area (Å²) in [7, 11) is 1.08. The van der Waals surface area contributed by atoms with Crippen molar-refractivity contribution >= 4 is 25.9 Å². The summed E-state index contributed by atoms with van der Waals surface area (Å²) in [4.78, 5) is 38.9. The summed E-state index contributed by atoms with van der Waals surface area (Å²) >= 11 is 0. The molecule has 6 atom stereocenters. The van der Waals surface area contributed by atoms with Gasteiger partial charge in [0.05, 0.1) is 45.5 Å². The first-order valence-corrected chi connectivity index (χ1v) is 18.5. The van der Waals surface area contributed by atoms with E-state index in [2.05, 4.69) is 25.0 Å². The minimum Gasteiger partial charge on any atom is -0.497 e. The van der Waals surface area contributed by atoms with E-state index in [0.29, 0.717) is 11.8 Å². The fourth-order valence-electron chi connectivity index (χ4n) is 4.83. The molecule has 13 heteroatoms. The van der Waals surface area contributed by atoms with Gasteiger partial charge in [0.1, 0.15) is 30.2 Å². The molecule has 0 unspecified atom stereocenters. The van der Waals surface area contributed by atoms with Crippen molar-refractivity contribution in [3.05, 3.63) is 65.7 Å². The van der Waals surface area contributed by atoms with Gasteiger partial charge in [0.25, 0.3) is 5.79 Å². The van der Waals surface area contributed by atoms with Gasteiger partial charge < -0.3 is 44.0 Å². The largest absolute Gasteiger partial charge is 0.497 e. The number of amides is 1. The van der Waals surface area contributed by atoms with Gasteiger partial charge in [-0.3, -0.25) is 4.79 Å². The Kier molecular flexibility index (Phi) is 13.1. The van der Waals surface area contributed by atoms with E-state index in [1.165, 1.54) is 6.92 Å². The normalized spacial score (nSPS) is 23.0. The topological polar surface area (TPSA) is 159 Å². The third kappa shape index (κ3) is 10.3. The van der Waals surface area contributed by atoms with E-state index in [0.717, 1.165) is 12.7 Å². The van der Waals surface area contributed by atoms with E-state index < -0.39 is 62.2 Å². The number of methoxy groups -OCH3 is 2. The lowest BCUT2D eigenvalue weighted by Gasteiger charge is -2.48. The maximum absolute atomic E-state index is 13.3.